The molecule has 17 heavy (non-hydrogen) atoms. The fourth-order valence-corrected chi connectivity index (χ4v) is 3.45. The van der Waals surface area contributed by atoms with Gasteiger partial charge >= 0.3 is 0 Å². The molecule has 0 N–H and O–H groups in total. The van der Waals surface area contributed by atoms with Gasteiger partial charge in [-0.1, -0.05) is 0 Å². The molecule has 3 aliphatic heterocycles. The van der Waals surface area contributed by atoms with Crippen LogP contribution in [-0.4, -0.2) is 46.6 Å². The normalized spacial score (nSPS) is 32.8. The summed E-state index contributed by atoms with van der Waals surface area (Å²) in [7, 11) is 0. The van der Waals surface area contributed by atoms with E-state index < -0.39 is 0 Å². The molecule has 3 saturated heterocycles. The summed E-state index contributed by atoms with van der Waals surface area (Å²) >= 11 is 0. The Bertz CT molecular complexity index is 270. The van der Waals surface area contributed by atoms with Crippen molar-refractivity contribution in [2.24, 2.45) is 5.92 Å². The van der Waals surface area contributed by atoms with E-state index in [9.17, 15) is 0 Å². The molecule has 100 valence electrons. The van der Waals surface area contributed by atoms with Crippen LogP contribution in [0.2, 0.25) is 0 Å². The van der Waals surface area contributed by atoms with E-state index in [2.05, 4.69) is 51.3 Å². The maximum absolute atomic E-state index is 2.76. The summed E-state index contributed by atoms with van der Waals surface area (Å²) < 4.78 is 0. The smallest absolute Gasteiger partial charge is 0.0228 e. The number of hydrogen-bond acceptors (Lipinski definition) is 2. The van der Waals surface area contributed by atoms with Crippen LogP contribution in [0.5, 0.6) is 0 Å². The van der Waals surface area contributed by atoms with Crippen molar-refractivity contribution in [1.82, 2.24) is 9.80 Å². The SMILES string of the molecule is CC(C)(C)N1CC2CCC(C1)N(C(C)(C)C)C2. The van der Waals surface area contributed by atoms with Gasteiger partial charge < -0.3 is 0 Å². The van der Waals surface area contributed by atoms with Crippen molar-refractivity contribution >= 4 is 0 Å². The van der Waals surface area contributed by atoms with Crippen molar-refractivity contribution in [3.8, 4) is 0 Å². The second-order valence-electron chi connectivity index (χ2n) is 8.00. The average Bonchev–Trinajstić information content (AvgIpc) is 2.45. The lowest BCUT2D eigenvalue weighted by Gasteiger charge is -2.45. The average molecular weight is 238 g/mol. The third-order valence-electron chi connectivity index (χ3n) is 4.52. The zero-order valence-corrected chi connectivity index (χ0v) is 12.6. The van der Waals surface area contributed by atoms with Gasteiger partial charge in [-0.2, -0.15) is 0 Å². The monoisotopic (exact) mass is 238 g/mol. The third kappa shape index (κ3) is 2.85. The minimum Gasteiger partial charge on any atom is -0.297 e. The van der Waals surface area contributed by atoms with E-state index in [1.807, 2.05) is 0 Å². The fraction of sp³-hybridized carbons (Fsp3) is 1.00. The summed E-state index contributed by atoms with van der Waals surface area (Å²) in [5.74, 6) is 0.882. The van der Waals surface area contributed by atoms with Crippen molar-refractivity contribution in [2.75, 3.05) is 19.6 Å². The molecule has 3 aliphatic rings. The summed E-state index contributed by atoms with van der Waals surface area (Å²) in [5, 5.41) is 0. The number of nitrogens with zero attached hydrogens (tertiary/aromatic N) is 2. The van der Waals surface area contributed by atoms with Crippen LogP contribution in [0.25, 0.3) is 0 Å². The highest BCUT2D eigenvalue weighted by Gasteiger charge is 2.41. The Morgan fingerprint density at radius 3 is 1.94 bits per heavy atom. The van der Waals surface area contributed by atoms with E-state index in [-0.39, 0.29) is 0 Å². The first-order valence-electron chi connectivity index (χ1n) is 7.20. The molecule has 3 rings (SSSR count). The minimum atomic E-state index is 0.328. The fourth-order valence-electron chi connectivity index (χ4n) is 3.45. The van der Waals surface area contributed by atoms with Crippen LogP contribution >= 0.6 is 0 Å². The molecule has 2 nitrogen and oxygen atoms in total. The van der Waals surface area contributed by atoms with Gasteiger partial charge in [0.2, 0.25) is 0 Å². The molecule has 3 fully saturated rings. The highest BCUT2D eigenvalue weighted by molar-refractivity contribution is 4.96. The van der Waals surface area contributed by atoms with Gasteiger partial charge in [0.25, 0.3) is 0 Å². The zero-order chi connectivity index (χ0) is 12.8. The number of hydrogen-bond donors (Lipinski definition) is 0. The Morgan fingerprint density at radius 1 is 0.765 bits per heavy atom. The topological polar surface area (TPSA) is 6.48 Å². The number of rotatable bonds is 0. The zero-order valence-electron chi connectivity index (χ0n) is 12.6. The minimum absolute atomic E-state index is 0.328. The van der Waals surface area contributed by atoms with E-state index in [0.29, 0.717) is 11.1 Å². The van der Waals surface area contributed by atoms with E-state index in [1.165, 1.54) is 32.5 Å². The largest absolute Gasteiger partial charge is 0.297 e. The van der Waals surface area contributed by atoms with Gasteiger partial charge in [-0.25, -0.2) is 0 Å². The van der Waals surface area contributed by atoms with Gasteiger partial charge in [0.15, 0.2) is 0 Å². The van der Waals surface area contributed by atoms with E-state index >= 15 is 0 Å². The lowest BCUT2D eigenvalue weighted by Crippen LogP contribution is -2.54. The van der Waals surface area contributed by atoms with Gasteiger partial charge in [0.05, 0.1) is 0 Å². The standard InChI is InChI=1S/C15H30N2/c1-14(2,3)16-9-12-7-8-13(11-16)17(10-12)15(4,5)6/h12-13H,7-11H2,1-6H3. The van der Waals surface area contributed by atoms with E-state index in [4.69, 9.17) is 0 Å². The van der Waals surface area contributed by atoms with Gasteiger partial charge in [-0.3, -0.25) is 9.80 Å². The molecule has 2 unspecified atom stereocenters. The molecule has 0 aliphatic carbocycles. The Kier molecular flexibility index (Phi) is 3.33. The molecule has 2 atom stereocenters. The molecule has 0 radical (unpaired) electrons. The molecule has 0 aromatic heterocycles. The van der Waals surface area contributed by atoms with Crippen LogP contribution < -0.4 is 0 Å². The Labute approximate surface area is 107 Å². The lowest BCUT2D eigenvalue weighted by atomic mass is 9.90. The molecule has 0 aromatic rings. The van der Waals surface area contributed by atoms with Crippen molar-refractivity contribution in [3.05, 3.63) is 0 Å². The first kappa shape index (κ1) is 13.4. The lowest BCUT2D eigenvalue weighted by molar-refractivity contribution is 0.0381. The summed E-state index contributed by atoms with van der Waals surface area (Å²) in [5.41, 5.74) is 0.659. The van der Waals surface area contributed by atoms with Crippen LogP contribution in [0.15, 0.2) is 0 Å². The Balaban J connectivity index is 2.17. The highest BCUT2D eigenvalue weighted by atomic mass is 15.3. The predicted molar refractivity (Wildman–Crippen MR) is 74.3 cm³/mol. The molecule has 0 aromatic carbocycles. The van der Waals surface area contributed by atoms with Crippen LogP contribution in [0, 0.1) is 5.92 Å². The van der Waals surface area contributed by atoms with Crippen LogP contribution in [0.1, 0.15) is 54.4 Å². The maximum atomic E-state index is 2.76. The third-order valence-corrected chi connectivity index (χ3v) is 4.52. The summed E-state index contributed by atoms with van der Waals surface area (Å²) in [6, 6.07) is 0.771. The first-order chi connectivity index (χ1) is 7.68. The Hall–Kier alpha value is -0.0800. The second-order valence-corrected chi connectivity index (χ2v) is 8.00. The summed E-state index contributed by atoms with van der Waals surface area (Å²) in [6.07, 6.45) is 2.83. The van der Waals surface area contributed by atoms with Crippen LogP contribution in [-0.2, 0) is 0 Å². The number of piperidine rings is 1. The molecule has 2 bridgehead atoms. The van der Waals surface area contributed by atoms with Crippen molar-refractivity contribution in [3.63, 3.8) is 0 Å². The van der Waals surface area contributed by atoms with Gasteiger partial charge in [0, 0.05) is 36.8 Å². The summed E-state index contributed by atoms with van der Waals surface area (Å²) in [4.78, 5) is 5.47. The molecular weight excluding hydrogens is 208 g/mol. The molecule has 0 amide bonds. The van der Waals surface area contributed by atoms with Gasteiger partial charge in [0.1, 0.15) is 0 Å². The second kappa shape index (κ2) is 4.24. The first-order valence-corrected chi connectivity index (χ1v) is 7.20. The number of fused-ring (bicyclic) bond motifs is 4. The molecular formula is C15H30N2. The van der Waals surface area contributed by atoms with E-state index in [1.54, 1.807) is 0 Å². The van der Waals surface area contributed by atoms with Gasteiger partial charge in [-0.05, 0) is 60.3 Å². The molecule has 2 heteroatoms. The predicted octanol–water partition coefficient (Wildman–Crippen LogP) is 2.98. The molecule has 0 saturated carbocycles. The van der Waals surface area contributed by atoms with Crippen molar-refractivity contribution in [1.29, 1.82) is 0 Å². The maximum Gasteiger partial charge on any atom is 0.0228 e. The highest BCUT2D eigenvalue weighted by Crippen LogP contribution is 2.34. The van der Waals surface area contributed by atoms with Crippen molar-refractivity contribution in [2.45, 2.75) is 71.5 Å². The van der Waals surface area contributed by atoms with Crippen molar-refractivity contribution < 1.29 is 0 Å². The van der Waals surface area contributed by atoms with E-state index in [0.717, 1.165) is 12.0 Å². The Morgan fingerprint density at radius 2 is 1.41 bits per heavy atom. The van der Waals surface area contributed by atoms with Gasteiger partial charge in [-0.15, -0.1) is 0 Å². The summed E-state index contributed by atoms with van der Waals surface area (Å²) in [6.45, 7) is 18.1. The van der Waals surface area contributed by atoms with Crippen LogP contribution in [0.3, 0.4) is 0 Å². The molecule has 0 spiro atoms. The quantitative estimate of drug-likeness (QED) is 0.640. The molecule has 3 heterocycles. The van der Waals surface area contributed by atoms with Crippen LogP contribution in [0.4, 0.5) is 0 Å².